The number of hydrogen-bond acceptors (Lipinski definition) is 3. The van der Waals surface area contributed by atoms with Gasteiger partial charge in [0.25, 0.3) is 0 Å². The maximum absolute atomic E-state index is 13.7. The van der Waals surface area contributed by atoms with Gasteiger partial charge in [0.15, 0.2) is 15.8 Å². The summed E-state index contributed by atoms with van der Waals surface area (Å²) in [4.78, 5) is 3.35. The Morgan fingerprint density at radius 1 is 1.07 bits per heavy atom. The van der Waals surface area contributed by atoms with Crippen molar-refractivity contribution in [1.82, 2.24) is 10.6 Å². The lowest BCUT2D eigenvalue weighted by Crippen LogP contribution is -2.39. The zero-order valence-corrected chi connectivity index (χ0v) is 18.8. The molecule has 0 aliphatic carbocycles. The Balaban J connectivity index is 0.00000450. The molecule has 5 nitrogen and oxygen atoms in total. The minimum absolute atomic E-state index is 0. The summed E-state index contributed by atoms with van der Waals surface area (Å²) in [6.45, 7) is -0.485. The summed E-state index contributed by atoms with van der Waals surface area (Å²) in [7, 11) is -2.56. The zero-order valence-electron chi connectivity index (χ0n) is 15.6. The molecule has 0 amide bonds. The van der Waals surface area contributed by atoms with Gasteiger partial charge in [0.2, 0.25) is 0 Å². The molecular weight excluding hydrogens is 544 g/mol. The van der Waals surface area contributed by atoms with Crippen LogP contribution in [0, 0.1) is 11.6 Å². The van der Waals surface area contributed by atoms with Gasteiger partial charge in [-0.2, -0.15) is 13.2 Å². The summed E-state index contributed by atoms with van der Waals surface area (Å²) in [6.07, 6.45) is -4.73. The van der Waals surface area contributed by atoms with E-state index in [-0.39, 0.29) is 48.6 Å². The largest absolute Gasteiger partial charge is 0.416 e. The third-order valence-corrected chi connectivity index (χ3v) is 5.62. The van der Waals surface area contributed by atoms with Crippen LogP contribution in [-0.4, -0.2) is 33.7 Å². The van der Waals surface area contributed by atoms with E-state index in [1.54, 1.807) is 0 Å². The molecule has 0 radical (unpaired) electrons. The first-order valence-corrected chi connectivity index (χ1v) is 9.97. The molecule has 0 atom stereocenters. The molecule has 166 valence electrons. The lowest BCUT2D eigenvalue weighted by atomic mass is 10.1. The highest BCUT2D eigenvalue weighted by molar-refractivity contribution is 14.0. The van der Waals surface area contributed by atoms with Crippen molar-refractivity contribution in [3.63, 3.8) is 0 Å². The molecule has 0 saturated heterocycles. The van der Waals surface area contributed by atoms with Crippen molar-refractivity contribution in [3.05, 3.63) is 65.2 Å². The highest BCUT2D eigenvalue weighted by Gasteiger charge is 2.33. The first-order chi connectivity index (χ1) is 13.5. The number of sulfone groups is 1. The van der Waals surface area contributed by atoms with Crippen molar-refractivity contribution >= 4 is 39.8 Å². The Bertz CT molecular complexity index is 998. The quantitative estimate of drug-likeness (QED) is 0.243. The average Bonchev–Trinajstić information content (AvgIpc) is 2.64. The highest BCUT2D eigenvalue weighted by atomic mass is 127. The Morgan fingerprint density at radius 3 is 2.33 bits per heavy atom. The maximum atomic E-state index is 13.7. The summed E-state index contributed by atoms with van der Waals surface area (Å²) in [5.41, 5.74) is -1.33. The molecule has 2 N–H and O–H groups in total. The third kappa shape index (κ3) is 7.07. The second kappa shape index (κ2) is 10.9. The Morgan fingerprint density at radius 2 is 1.73 bits per heavy atom. The Hall–Kier alpha value is -1.96. The fraction of sp³-hybridized carbons (Fsp3) is 0.278. The van der Waals surface area contributed by atoms with Crippen molar-refractivity contribution < 1.29 is 30.4 Å². The molecule has 0 aliphatic heterocycles. The molecule has 0 aliphatic rings. The summed E-state index contributed by atoms with van der Waals surface area (Å²) >= 11 is 0. The van der Waals surface area contributed by atoms with Crippen LogP contribution in [0.5, 0.6) is 0 Å². The van der Waals surface area contributed by atoms with Crippen LogP contribution in [0.1, 0.15) is 11.1 Å². The van der Waals surface area contributed by atoms with Crippen LogP contribution >= 0.6 is 24.0 Å². The van der Waals surface area contributed by atoms with E-state index >= 15 is 0 Å². The summed E-state index contributed by atoms with van der Waals surface area (Å²) < 4.78 is 90.3. The monoisotopic (exact) mass is 563 g/mol. The lowest BCUT2D eigenvalue weighted by molar-refractivity contribution is -0.138. The number of alkyl halides is 3. The summed E-state index contributed by atoms with van der Waals surface area (Å²) in [5, 5.41) is 5.24. The lowest BCUT2D eigenvalue weighted by Gasteiger charge is -2.16. The van der Waals surface area contributed by atoms with Crippen LogP contribution in [0.15, 0.2) is 52.4 Å². The summed E-state index contributed by atoms with van der Waals surface area (Å²) in [6, 6.07) is 7.24. The van der Waals surface area contributed by atoms with E-state index in [0.29, 0.717) is 6.07 Å². The number of halogens is 6. The van der Waals surface area contributed by atoms with Gasteiger partial charge in [0, 0.05) is 20.1 Å². The average molecular weight is 563 g/mol. The normalized spacial score (nSPS) is 12.3. The van der Waals surface area contributed by atoms with E-state index in [1.165, 1.54) is 19.2 Å². The van der Waals surface area contributed by atoms with E-state index < -0.39 is 43.9 Å². The van der Waals surface area contributed by atoms with Crippen molar-refractivity contribution in [2.75, 3.05) is 19.3 Å². The van der Waals surface area contributed by atoms with Gasteiger partial charge in [-0.3, -0.25) is 4.99 Å². The third-order valence-electron chi connectivity index (χ3n) is 3.88. The second-order valence-corrected chi connectivity index (χ2v) is 7.98. The second-order valence-electron chi connectivity index (χ2n) is 5.90. The Kier molecular flexibility index (Phi) is 9.46. The summed E-state index contributed by atoms with van der Waals surface area (Å²) in [5.74, 6) is -2.31. The van der Waals surface area contributed by atoms with Gasteiger partial charge in [-0.1, -0.05) is 18.2 Å². The molecule has 2 aromatic rings. The highest BCUT2D eigenvalue weighted by Crippen LogP contribution is 2.32. The van der Waals surface area contributed by atoms with Gasteiger partial charge in [-0.25, -0.2) is 17.2 Å². The molecule has 0 fully saturated rings. The van der Waals surface area contributed by atoms with Crippen LogP contribution in [0.25, 0.3) is 0 Å². The number of rotatable bonds is 6. The molecule has 2 rings (SSSR count). The number of nitrogens with one attached hydrogen (secondary N) is 2. The fourth-order valence-corrected chi connectivity index (χ4v) is 3.72. The maximum Gasteiger partial charge on any atom is 0.416 e. The van der Waals surface area contributed by atoms with E-state index in [0.717, 1.165) is 24.3 Å². The molecular formula is C18H19F5IN3O2S. The van der Waals surface area contributed by atoms with Gasteiger partial charge in [0.1, 0.15) is 16.5 Å². The van der Waals surface area contributed by atoms with Gasteiger partial charge in [0.05, 0.1) is 11.3 Å². The number of benzene rings is 2. The molecule has 0 unspecified atom stereocenters. The minimum Gasteiger partial charge on any atom is -0.355 e. The first-order valence-electron chi connectivity index (χ1n) is 8.32. The van der Waals surface area contributed by atoms with Gasteiger partial charge < -0.3 is 10.6 Å². The van der Waals surface area contributed by atoms with E-state index in [2.05, 4.69) is 15.6 Å². The molecule has 12 heteroatoms. The van der Waals surface area contributed by atoms with E-state index in [1.807, 2.05) is 0 Å². The number of nitrogens with zero attached hydrogens (tertiary/aromatic N) is 1. The predicted octanol–water partition coefficient (Wildman–Crippen LogP) is 3.74. The number of aliphatic imine (C=N–C) groups is 1. The van der Waals surface area contributed by atoms with Crippen LogP contribution in [0.4, 0.5) is 22.0 Å². The predicted molar refractivity (Wildman–Crippen MR) is 113 cm³/mol. The van der Waals surface area contributed by atoms with Crippen LogP contribution < -0.4 is 10.6 Å². The van der Waals surface area contributed by atoms with Crippen LogP contribution in [0.3, 0.4) is 0 Å². The fourth-order valence-electron chi connectivity index (χ4n) is 2.48. The van der Waals surface area contributed by atoms with Crippen molar-refractivity contribution in [1.29, 1.82) is 0 Å². The van der Waals surface area contributed by atoms with E-state index in [9.17, 15) is 30.4 Å². The van der Waals surface area contributed by atoms with Gasteiger partial charge in [-0.05, 0) is 29.8 Å². The van der Waals surface area contributed by atoms with Gasteiger partial charge in [-0.15, -0.1) is 24.0 Å². The smallest absolute Gasteiger partial charge is 0.355 e. The molecule has 0 spiro atoms. The molecule has 0 heterocycles. The number of hydrogen-bond donors (Lipinski definition) is 2. The van der Waals surface area contributed by atoms with Gasteiger partial charge >= 0.3 is 6.18 Å². The molecule has 0 saturated carbocycles. The molecule has 2 aromatic carbocycles. The number of guanidine groups is 1. The molecule has 30 heavy (non-hydrogen) atoms. The van der Waals surface area contributed by atoms with Crippen molar-refractivity contribution in [2.45, 2.75) is 17.6 Å². The Labute approximate surface area is 187 Å². The first kappa shape index (κ1) is 26.1. The van der Waals surface area contributed by atoms with Crippen LogP contribution in [0.2, 0.25) is 0 Å². The minimum atomic E-state index is -4.73. The molecule has 0 aromatic heterocycles. The van der Waals surface area contributed by atoms with Crippen molar-refractivity contribution in [3.8, 4) is 0 Å². The van der Waals surface area contributed by atoms with Crippen LogP contribution in [-0.2, 0) is 22.6 Å². The standard InChI is InChI=1S/C18H18F5N3O2S.HI/c1-24-17(25-8-9-29(27,28)16-5-3-2-4-15(16)20)26-11-12-6-7-13(19)10-14(12)18(21,22)23;/h2-7,10H,8-9,11H2,1H3,(H2,24,25,26);1H. The zero-order chi connectivity index (χ0) is 21.7. The molecule has 0 bridgehead atoms. The topological polar surface area (TPSA) is 70.6 Å². The van der Waals surface area contributed by atoms with E-state index in [4.69, 9.17) is 0 Å². The SMILES string of the molecule is CN=C(NCCS(=O)(=O)c1ccccc1F)NCc1ccc(F)cc1C(F)(F)F.I. The van der Waals surface area contributed by atoms with Crippen molar-refractivity contribution in [2.24, 2.45) is 4.99 Å².